The van der Waals surface area contributed by atoms with Crippen LogP contribution in [0.4, 0.5) is 8.78 Å². The summed E-state index contributed by atoms with van der Waals surface area (Å²) in [6.45, 7) is 10.2. The molecule has 3 nitrogen and oxygen atoms in total. The van der Waals surface area contributed by atoms with Gasteiger partial charge in [0.05, 0.1) is 13.7 Å². The van der Waals surface area contributed by atoms with Crippen molar-refractivity contribution >= 4 is 8.32 Å². The first kappa shape index (κ1) is 17.6. The second-order valence-corrected chi connectivity index (χ2v) is 11.2. The summed E-state index contributed by atoms with van der Waals surface area (Å²) in [6.07, 6.45) is 0. The Kier molecular flexibility index (Phi) is 5.13. The van der Waals surface area contributed by atoms with E-state index in [9.17, 15) is 8.78 Å². The number of methoxy groups -OCH3 is 1. The third-order valence-corrected chi connectivity index (χ3v) is 8.44. The van der Waals surface area contributed by atoms with Crippen LogP contribution in [0, 0.1) is 23.0 Å². The molecule has 1 aromatic rings. The first-order valence-corrected chi connectivity index (χ1v) is 9.55. The molecule has 0 aliphatic rings. The van der Waals surface area contributed by atoms with Crippen LogP contribution in [-0.4, -0.2) is 15.4 Å². The minimum absolute atomic E-state index is 0.0291. The fraction of sp³-hybridized carbons (Fsp3) is 0.533. The first-order valence-electron chi connectivity index (χ1n) is 6.64. The van der Waals surface area contributed by atoms with Crippen LogP contribution in [0.25, 0.3) is 0 Å². The monoisotopic (exact) mass is 313 g/mol. The molecule has 116 valence electrons. The maximum absolute atomic E-state index is 14.3. The van der Waals surface area contributed by atoms with E-state index in [1.54, 1.807) is 6.07 Å². The maximum atomic E-state index is 14.3. The van der Waals surface area contributed by atoms with Gasteiger partial charge in [0.25, 0.3) is 0 Å². The summed E-state index contributed by atoms with van der Waals surface area (Å²) in [7, 11) is -0.867. The van der Waals surface area contributed by atoms with Crippen molar-refractivity contribution in [1.29, 1.82) is 5.26 Å². The lowest BCUT2D eigenvalue weighted by Gasteiger charge is -2.36. The molecule has 6 heteroatoms. The van der Waals surface area contributed by atoms with Crippen LogP contribution >= 0.6 is 0 Å². The molecular weight excluding hydrogens is 292 g/mol. The molecule has 1 rings (SSSR count). The van der Waals surface area contributed by atoms with E-state index >= 15 is 0 Å². The van der Waals surface area contributed by atoms with E-state index < -0.39 is 25.5 Å². The van der Waals surface area contributed by atoms with E-state index in [2.05, 4.69) is 20.8 Å². The first-order chi connectivity index (χ1) is 9.55. The Balaban J connectivity index is 3.12. The topological polar surface area (TPSA) is 42.2 Å². The number of nitriles is 1. The molecule has 0 amide bonds. The lowest BCUT2D eigenvalue weighted by atomic mass is 10.1. The summed E-state index contributed by atoms with van der Waals surface area (Å²) in [4.78, 5) is 0. The lowest BCUT2D eigenvalue weighted by Crippen LogP contribution is -2.40. The van der Waals surface area contributed by atoms with Crippen LogP contribution in [0.3, 0.4) is 0 Å². The third kappa shape index (κ3) is 3.60. The number of ether oxygens (including phenoxy) is 1. The molecule has 0 aliphatic carbocycles. The number of rotatable bonds is 4. The average Bonchev–Trinajstić information content (AvgIpc) is 2.37. The van der Waals surface area contributed by atoms with Crippen molar-refractivity contribution in [2.45, 2.75) is 45.5 Å². The van der Waals surface area contributed by atoms with E-state index in [1.165, 1.54) is 7.11 Å². The normalized spacial score (nSPS) is 12.1. The molecule has 0 aliphatic heterocycles. The van der Waals surface area contributed by atoms with Gasteiger partial charge >= 0.3 is 0 Å². The van der Waals surface area contributed by atoms with Gasteiger partial charge in [0, 0.05) is 5.56 Å². The molecule has 0 fully saturated rings. The van der Waals surface area contributed by atoms with Gasteiger partial charge in [-0.1, -0.05) is 20.8 Å². The summed E-state index contributed by atoms with van der Waals surface area (Å²) >= 11 is 0. The molecule has 0 bridgehead atoms. The highest BCUT2D eigenvalue weighted by Gasteiger charge is 2.37. The van der Waals surface area contributed by atoms with Crippen molar-refractivity contribution in [3.63, 3.8) is 0 Å². The molecule has 0 radical (unpaired) electrons. The third-order valence-electron chi connectivity index (χ3n) is 3.96. The van der Waals surface area contributed by atoms with Gasteiger partial charge in [0.15, 0.2) is 19.9 Å². The van der Waals surface area contributed by atoms with E-state index in [0.29, 0.717) is 0 Å². The maximum Gasteiger partial charge on any atom is 0.192 e. The van der Waals surface area contributed by atoms with Crippen LogP contribution in [-0.2, 0) is 11.0 Å². The second-order valence-electron chi connectivity index (χ2n) is 6.40. The number of benzene rings is 1. The fourth-order valence-corrected chi connectivity index (χ4v) is 2.48. The van der Waals surface area contributed by atoms with Crippen LogP contribution < -0.4 is 4.74 Å². The molecule has 0 aromatic heterocycles. The average molecular weight is 313 g/mol. The number of hydrogen-bond donors (Lipinski definition) is 0. The molecule has 1 aromatic carbocycles. The van der Waals surface area contributed by atoms with Gasteiger partial charge in [-0.25, -0.2) is 8.78 Å². The Morgan fingerprint density at radius 1 is 1.29 bits per heavy atom. The van der Waals surface area contributed by atoms with Gasteiger partial charge in [0.1, 0.15) is 17.4 Å². The number of nitrogens with zero attached hydrogens (tertiary/aromatic N) is 1. The molecular formula is C15H21F2NO2Si. The van der Waals surface area contributed by atoms with Gasteiger partial charge < -0.3 is 9.16 Å². The van der Waals surface area contributed by atoms with Gasteiger partial charge in [0.2, 0.25) is 0 Å². The smallest absolute Gasteiger partial charge is 0.192 e. The van der Waals surface area contributed by atoms with E-state index in [1.807, 2.05) is 13.1 Å². The molecule has 0 saturated heterocycles. The van der Waals surface area contributed by atoms with E-state index in [4.69, 9.17) is 14.4 Å². The molecule has 21 heavy (non-hydrogen) atoms. The van der Waals surface area contributed by atoms with Crippen LogP contribution in [0.15, 0.2) is 6.07 Å². The summed E-state index contributed by atoms with van der Waals surface area (Å²) in [5.41, 5.74) is -0.362. The summed E-state index contributed by atoms with van der Waals surface area (Å²) in [6, 6.07) is 2.61. The quantitative estimate of drug-likeness (QED) is 0.775. The van der Waals surface area contributed by atoms with Crippen molar-refractivity contribution in [3.8, 4) is 11.8 Å². The van der Waals surface area contributed by atoms with Crippen LogP contribution in [0.5, 0.6) is 5.75 Å². The minimum Gasteiger partial charge on any atom is -0.492 e. The predicted octanol–water partition coefficient (Wildman–Crippen LogP) is 4.37. The highest BCUT2D eigenvalue weighted by molar-refractivity contribution is 6.74. The van der Waals surface area contributed by atoms with Gasteiger partial charge in [-0.3, -0.25) is 0 Å². The molecule has 0 atom stereocenters. The molecule has 0 N–H and O–H groups in total. The Morgan fingerprint density at radius 3 is 2.29 bits per heavy atom. The zero-order valence-corrected chi connectivity index (χ0v) is 14.3. The Bertz CT molecular complexity index is 575. The summed E-state index contributed by atoms with van der Waals surface area (Å²) in [5.74, 6) is -1.91. The van der Waals surface area contributed by atoms with Gasteiger partial charge in [-0.15, -0.1) is 0 Å². The van der Waals surface area contributed by atoms with Crippen LogP contribution in [0.2, 0.25) is 18.1 Å². The molecule has 0 spiro atoms. The minimum atomic E-state index is -2.07. The molecule has 0 unspecified atom stereocenters. The SMILES string of the molecule is COc1c(F)c(CO[Si](C)(C)C(C)(C)C)cc(F)c1C#N. The van der Waals surface area contributed by atoms with Crippen molar-refractivity contribution < 1.29 is 17.9 Å². The molecule has 0 heterocycles. The zero-order chi connectivity index (χ0) is 16.4. The van der Waals surface area contributed by atoms with Crippen molar-refractivity contribution in [2.24, 2.45) is 0 Å². The summed E-state index contributed by atoms with van der Waals surface area (Å²) < 4.78 is 38.8. The predicted molar refractivity (Wildman–Crippen MR) is 79.6 cm³/mol. The lowest BCUT2D eigenvalue weighted by molar-refractivity contribution is 0.267. The second kappa shape index (κ2) is 6.12. The van der Waals surface area contributed by atoms with Crippen molar-refractivity contribution in [3.05, 3.63) is 28.8 Å². The number of halogens is 2. The standard InChI is InChI=1S/C15H21F2NO2Si/c1-15(2,3)21(5,6)20-9-10-7-12(16)11(8-18)14(19-4)13(10)17/h7H,9H2,1-6H3. The Hall–Kier alpha value is -1.45. The van der Waals surface area contributed by atoms with Gasteiger partial charge in [-0.2, -0.15) is 5.26 Å². The Labute approximate surface area is 125 Å². The van der Waals surface area contributed by atoms with Gasteiger partial charge in [-0.05, 0) is 24.2 Å². The van der Waals surface area contributed by atoms with Crippen LogP contribution in [0.1, 0.15) is 31.9 Å². The van der Waals surface area contributed by atoms with E-state index in [0.717, 1.165) is 6.07 Å². The summed E-state index contributed by atoms with van der Waals surface area (Å²) in [5, 5.41) is 8.82. The fourth-order valence-electron chi connectivity index (χ4n) is 1.53. The highest BCUT2D eigenvalue weighted by atomic mass is 28.4. The zero-order valence-electron chi connectivity index (χ0n) is 13.3. The molecule has 0 saturated carbocycles. The van der Waals surface area contributed by atoms with Crippen molar-refractivity contribution in [1.82, 2.24) is 0 Å². The van der Waals surface area contributed by atoms with Crippen molar-refractivity contribution in [2.75, 3.05) is 7.11 Å². The highest BCUT2D eigenvalue weighted by Crippen LogP contribution is 2.37. The largest absolute Gasteiger partial charge is 0.492 e. The van der Waals surface area contributed by atoms with E-state index in [-0.39, 0.29) is 23.0 Å². The Morgan fingerprint density at radius 2 is 1.86 bits per heavy atom. The number of hydrogen-bond acceptors (Lipinski definition) is 3.